The van der Waals surface area contributed by atoms with Crippen LogP contribution < -0.4 is 10.6 Å². The van der Waals surface area contributed by atoms with Crippen LogP contribution in [-0.4, -0.2) is 50.2 Å². The van der Waals surface area contributed by atoms with Gasteiger partial charge in [0.1, 0.15) is 0 Å². The summed E-state index contributed by atoms with van der Waals surface area (Å²) < 4.78 is 25.4. The first-order chi connectivity index (χ1) is 13.4. The highest BCUT2D eigenvalue weighted by atomic mass is 32.2. The maximum Gasteiger partial charge on any atom is 0.242 e. The minimum atomic E-state index is -3.48. The molecule has 0 saturated carbocycles. The predicted molar refractivity (Wildman–Crippen MR) is 114 cm³/mol. The summed E-state index contributed by atoms with van der Waals surface area (Å²) in [7, 11) is -0.524. The molecule has 8 nitrogen and oxygen atoms in total. The molecule has 0 atom stereocenters. The Morgan fingerprint density at radius 1 is 1.14 bits per heavy atom. The highest BCUT2D eigenvalue weighted by Crippen LogP contribution is 2.26. The summed E-state index contributed by atoms with van der Waals surface area (Å²) in [5.74, 6) is -0.353. The lowest BCUT2D eigenvalue weighted by atomic mass is 9.96. The maximum atomic E-state index is 12.1. The van der Waals surface area contributed by atoms with Crippen molar-refractivity contribution in [3.8, 4) is 11.3 Å². The summed E-state index contributed by atoms with van der Waals surface area (Å²) in [5.41, 5.74) is 0.888. The summed E-state index contributed by atoms with van der Waals surface area (Å²) in [5, 5.41) is 7.66. The SMILES string of the molecule is CN(C)S(=O)(=O)c1ccc(-c2csc(NC(=O)CCNC(=O)C(C)(C)C)n2)cc1. The second-order valence-electron chi connectivity index (χ2n) is 7.65. The van der Waals surface area contributed by atoms with E-state index < -0.39 is 15.4 Å². The van der Waals surface area contributed by atoms with E-state index in [0.717, 1.165) is 9.87 Å². The zero-order valence-electron chi connectivity index (χ0n) is 17.1. The zero-order valence-corrected chi connectivity index (χ0v) is 18.8. The summed E-state index contributed by atoms with van der Waals surface area (Å²) in [6.45, 7) is 5.67. The Labute approximate surface area is 175 Å². The third-order valence-electron chi connectivity index (χ3n) is 4.00. The van der Waals surface area contributed by atoms with E-state index in [0.29, 0.717) is 10.8 Å². The minimum absolute atomic E-state index is 0.110. The molecule has 0 unspecified atom stereocenters. The fraction of sp³-hybridized carbons (Fsp3) is 0.421. The second-order valence-corrected chi connectivity index (χ2v) is 10.7. The number of amides is 2. The van der Waals surface area contributed by atoms with Crippen molar-refractivity contribution in [3.63, 3.8) is 0 Å². The van der Waals surface area contributed by atoms with E-state index in [1.807, 2.05) is 20.8 Å². The van der Waals surface area contributed by atoms with Crippen molar-refractivity contribution in [2.75, 3.05) is 26.0 Å². The van der Waals surface area contributed by atoms with Crippen LogP contribution >= 0.6 is 11.3 Å². The lowest BCUT2D eigenvalue weighted by Gasteiger charge is -2.17. The first-order valence-electron chi connectivity index (χ1n) is 8.98. The quantitative estimate of drug-likeness (QED) is 0.691. The first-order valence-corrected chi connectivity index (χ1v) is 11.3. The smallest absolute Gasteiger partial charge is 0.242 e. The van der Waals surface area contributed by atoms with Gasteiger partial charge in [-0.2, -0.15) is 0 Å². The first kappa shape index (κ1) is 23.0. The number of hydrogen-bond donors (Lipinski definition) is 2. The molecule has 1 aromatic carbocycles. The molecular formula is C19H26N4O4S2. The molecule has 0 spiro atoms. The molecule has 2 aromatic rings. The van der Waals surface area contributed by atoms with E-state index in [-0.39, 0.29) is 29.7 Å². The molecule has 0 radical (unpaired) electrons. The predicted octanol–water partition coefficient (Wildman–Crippen LogP) is 2.55. The van der Waals surface area contributed by atoms with Gasteiger partial charge in [0, 0.05) is 43.4 Å². The molecule has 2 rings (SSSR count). The Balaban J connectivity index is 1.95. The van der Waals surface area contributed by atoms with E-state index in [4.69, 9.17) is 0 Å². The van der Waals surface area contributed by atoms with Crippen LogP contribution in [0.5, 0.6) is 0 Å². The van der Waals surface area contributed by atoms with Gasteiger partial charge in [0.05, 0.1) is 10.6 Å². The average molecular weight is 439 g/mol. The van der Waals surface area contributed by atoms with Gasteiger partial charge in [-0.3, -0.25) is 9.59 Å². The van der Waals surface area contributed by atoms with Gasteiger partial charge in [-0.1, -0.05) is 32.9 Å². The van der Waals surface area contributed by atoms with Gasteiger partial charge in [0.15, 0.2) is 5.13 Å². The molecule has 1 heterocycles. The van der Waals surface area contributed by atoms with E-state index in [2.05, 4.69) is 15.6 Å². The van der Waals surface area contributed by atoms with Crippen molar-refractivity contribution in [2.24, 2.45) is 5.41 Å². The van der Waals surface area contributed by atoms with Crippen LogP contribution in [0.4, 0.5) is 5.13 Å². The van der Waals surface area contributed by atoms with Crippen molar-refractivity contribution in [3.05, 3.63) is 29.6 Å². The van der Waals surface area contributed by atoms with E-state index in [1.54, 1.807) is 17.5 Å². The minimum Gasteiger partial charge on any atom is -0.355 e. The molecule has 2 N–H and O–H groups in total. The maximum absolute atomic E-state index is 12.1. The van der Waals surface area contributed by atoms with E-state index >= 15 is 0 Å². The Morgan fingerprint density at radius 2 is 1.76 bits per heavy atom. The number of hydrogen-bond acceptors (Lipinski definition) is 6. The lowest BCUT2D eigenvalue weighted by Crippen LogP contribution is -2.36. The van der Waals surface area contributed by atoms with Gasteiger partial charge < -0.3 is 10.6 Å². The Bertz CT molecular complexity index is 974. The number of nitrogens with zero attached hydrogens (tertiary/aromatic N) is 2. The van der Waals surface area contributed by atoms with Crippen molar-refractivity contribution < 1.29 is 18.0 Å². The number of sulfonamides is 1. The van der Waals surface area contributed by atoms with Crippen LogP contribution in [-0.2, 0) is 19.6 Å². The second kappa shape index (κ2) is 9.02. The number of nitrogens with one attached hydrogen (secondary N) is 2. The van der Waals surface area contributed by atoms with Gasteiger partial charge in [-0.05, 0) is 12.1 Å². The van der Waals surface area contributed by atoms with Crippen molar-refractivity contribution in [1.29, 1.82) is 0 Å². The fourth-order valence-electron chi connectivity index (χ4n) is 2.21. The molecule has 0 aliphatic carbocycles. The number of rotatable bonds is 7. The molecular weight excluding hydrogens is 412 g/mol. The largest absolute Gasteiger partial charge is 0.355 e. The normalized spacial score (nSPS) is 12.1. The summed E-state index contributed by atoms with van der Waals surface area (Å²) in [4.78, 5) is 28.4. The van der Waals surface area contributed by atoms with Crippen LogP contribution in [0, 0.1) is 5.41 Å². The number of carbonyl (C=O) groups excluding carboxylic acids is 2. The number of carbonyl (C=O) groups is 2. The molecule has 0 saturated heterocycles. The molecule has 0 fully saturated rings. The molecule has 10 heteroatoms. The van der Waals surface area contributed by atoms with Gasteiger partial charge in [0.2, 0.25) is 21.8 Å². The van der Waals surface area contributed by atoms with Crippen molar-refractivity contribution >= 4 is 38.3 Å². The van der Waals surface area contributed by atoms with E-state index in [9.17, 15) is 18.0 Å². The molecule has 2 amide bonds. The molecule has 0 aliphatic heterocycles. The van der Waals surface area contributed by atoms with Gasteiger partial charge in [0.25, 0.3) is 0 Å². The highest BCUT2D eigenvalue weighted by Gasteiger charge is 2.21. The zero-order chi connectivity index (χ0) is 21.8. The number of aromatic nitrogens is 1. The molecule has 29 heavy (non-hydrogen) atoms. The number of benzene rings is 1. The third kappa shape index (κ3) is 6.09. The van der Waals surface area contributed by atoms with Crippen LogP contribution in [0.3, 0.4) is 0 Å². The molecule has 158 valence electrons. The highest BCUT2D eigenvalue weighted by molar-refractivity contribution is 7.89. The third-order valence-corrected chi connectivity index (χ3v) is 6.59. The van der Waals surface area contributed by atoms with Gasteiger partial charge >= 0.3 is 0 Å². The lowest BCUT2D eigenvalue weighted by molar-refractivity contribution is -0.128. The Kier molecular flexibility index (Phi) is 7.15. The van der Waals surface area contributed by atoms with Gasteiger partial charge in [-0.25, -0.2) is 17.7 Å². The Morgan fingerprint density at radius 3 is 2.31 bits per heavy atom. The summed E-state index contributed by atoms with van der Waals surface area (Å²) in [6.07, 6.45) is 0.147. The van der Waals surface area contributed by atoms with Crippen molar-refractivity contribution in [2.45, 2.75) is 32.1 Å². The standard InChI is InChI=1S/C19H26N4O4S2/c1-19(2,3)17(25)20-11-10-16(24)22-18-21-15(12-28-18)13-6-8-14(9-7-13)29(26,27)23(4)5/h6-9,12H,10-11H2,1-5H3,(H,20,25)(H,21,22,24). The fourth-order valence-corrected chi connectivity index (χ4v) is 3.85. The summed E-state index contributed by atoms with van der Waals surface area (Å²) >= 11 is 1.27. The average Bonchev–Trinajstić information content (AvgIpc) is 3.09. The Hall–Kier alpha value is -2.30. The number of thiazole rings is 1. The number of anilines is 1. The monoisotopic (exact) mass is 438 g/mol. The van der Waals surface area contributed by atoms with Crippen LogP contribution in [0.2, 0.25) is 0 Å². The molecule has 0 aliphatic rings. The van der Waals surface area contributed by atoms with Crippen LogP contribution in [0.15, 0.2) is 34.5 Å². The van der Waals surface area contributed by atoms with Gasteiger partial charge in [-0.15, -0.1) is 11.3 Å². The van der Waals surface area contributed by atoms with Crippen LogP contribution in [0.1, 0.15) is 27.2 Å². The van der Waals surface area contributed by atoms with Crippen molar-refractivity contribution in [1.82, 2.24) is 14.6 Å². The summed E-state index contributed by atoms with van der Waals surface area (Å²) in [6, 6.07) is 6.42. The molecule has 0 bridgehead atoms. The topological polar surface area (TPSA) is 108 Å². The molecule has 1 aromatic heterocycles. The van der Waals surface area contributed by atoms with E-state index in [1.165, 1.54) is 37.6 Å². The van der Waals surface area contributed by atoms with Crippen LogP contribution in [0.25, 0.3) is 11.3 Å².